The minimum Gasteiger partial charge on any atom is -0.350 e. The second-order valence-corrected chi connectivity index (χ2v) is 5.03. The average Bonchev–Trinajstić information content (AvgIpc) is 2.29. The number of amides is 1. The van der Waals surface area contributed by atoms with Gasteiger partial charge < -0.3 is 16.0 Å². The van der Waals surface area contributed by atoms with Crippen molar-refractivity contribution in [3.63, 3.8) is 0 Å². The van der Waals surface area contributed by atoms with Gasteiger partial charge in [-0.05, 0) is 26.7 Å². The van der Waals surface area contributed by atoms with Gasteiger partial charge in [0.25, 0.3) is 0 Å². The Kier molecular flexibility index (Phi) is 4.74. The molecule has 2 atom stereocenters. The normalized spacial score (nSPS) is 26.5. The maximum Gasteiger partial charge on any atom is 0.238 e. The lowest BCUT2D eigenvalue weighted by molar-refractivity contribution is -0.125. The van der Waals surface area contributed by atoms with Gasteiger partial charge in [0.1, 0.15) is 0 Å². The van der Waals surface area contributed by atoms with E-state index in [1.807, 2.05) is 0 Å². The van der Waals surface area contributed by atoms with E-state index in [2.05, 4.69) is 43.6 Å². The van der Waals surface area contributed by atoms with Crippen molar-refractivity contribution in [3.8, 4) is 0 Å². The second-order valence-electron chi connectivity index (χ2n) is 5.03. The zero-order valence-corrected chi connectivity index (χ0v) is 10.9. The fraction of sp³-hybridized carbons (Fsp3) is 0.917. The second kappa shape index (κ2) is 5.64. The van der Waals surface area contributed by atoms with Crippen LogP contribution in [0.4, 0.5) is 0 Å². The van der Waals surface area contributed by atoms with Crippen LogP contribution < -0.4 is 16.0 Å². The fourth-order valence-electron chi connectivity index (χ4n) is 1.78. The summed E-state index contributed by atoms with van der Waals surface area (Å²) >= 11 is 0. The average molecular weight is 227 g/mol. The van der Waals surface area contributed by atoms with E-state index in [-0.39, 0.29) is 17.5 Å². The van der Waals surface area contributed by atoms with Crippen molar-refractivity contribution in [3.05, 3.63) is 0 Å². The first kappa shape index (κ1) is 13.5. The first-order chi connectivity index (χ1) is 7.50. The lowest BCUT2D eigenvalue weighted by Crippen LogP contribution is -2.61. The molecule has 0 aliphatic carbocycles. The van der Waals surface area contributed by atoms with Crippen molar-refractivity contribution in [2.45, 2.75) is 58.2 Å². The predicted molar refractivity (Wildman–Crippen MR) is 66.4 cm³/mol. The summed E-state index contributed by atoms with van der Waals surface area (Å²) in [4.78, 5) is 12.0. The third kappa shape index (κ3) is 3.46. The molecule has 1 aliphatic rings. The molecule has 0 bridgehead atoms. The highest BCUT2D eigenvalue weighted by molar-refractivity contribution is 5.82. The maximum atomic E-state index is 12.0. The standard InChI is InChI=1S/C12H25N3O/c1-5-12(4,6-2)15-11(16)10-8-13-9(3)7-14-10/h9-10,13-14H,5-8H2,1-4H3,(H,15,16). The van der Waals surface area contributed by atoms with Gasteiger partial charge in [-0.1, -0.05) is 13.8 Å². The van der Waals surface area contributed by atoms with Crippen molar-refractivity contribution < 1.29 is 4.79 Å². The van der Waals surface area contributed by atoms with E-state index >= 15 is 0 Å². The monoisotopic (exact) mass is 227 g/mol. The molecule has 1 fully saturated rings. The Hall–Kier alpha value is -0.610. The Labute approximate surface area is 98.6 Å². The number of hydrogen-bond acceptors (Lipinski definition) is 3. The lowest BCUT2D eigenvalue weighted by atomic mass is 9.95. The number of nitrogens with one attached hydrogen (secondary N) is 3. The molecule has 1 heterocycles. The molecule has 0 aromatic heterocycles. The van der Waals surface area contributed by atoms with Gasteiger partial charge in [-0.2, -0.15) is 0 Å². The molecule has 0 aromatic carbocycles. The molecule has 0 spiro atoms. The molecule has 1 amide bonds. The summed E-state index contributed by atoms with van der Waals surface area (Å²) in [6, 6.07) is 0.362. The molecule has 0 aromatic rings. The van der Waals surface area contributed by atoms with Crippen molar-refractivity contribution in [2.75, 3.05) is 13.1 Å². The number of carbonyl (C=O) groups is 1. The third-order valence-electron chi connectivity index (χ3n) is 3.64. The molecular formula is C12H25N3O. The van der Waals surface area contributed by atoms with Crippen LogP contribution in [0.3, 0.4) is 0 Å². The molecule has 3 N–H and O–H groups in total. The van der Waals surface area contributed by atoms with Gasteiger partial charge in [0.2, 0.25) is 5.91 Å². The highest BCUT2D eigenvalue weighted by atomic mass is 16.2. The molecule has 1 aliphatic heterocycles. The molecule has 0 saturated carbocycles. The molecule has 2 unspecified atom stereocenters. The van der Waals surface area contributed by atoms with Crippen molar-refractivity contribution >= 4 is 5.91 Å². The van der Waals surface area contributed by atoms with E-state index in [0.717, 1.165) is 25.9 Å². The summed E-state index contributed by atoms with van der Waals surface area (Å²) in [7, 11) is 0. The molecule has 4 heteroatoms. The Bertz CT molecular complexity index is 230. The highest BCUT2D eigenvalue weighted by Gasteiger charge is 2.28. The Morgan fingerprint density at radius 1 is 1.31 bits per heavy atom. The van der Waals surface area contributed by atoms with E-state index in [0.29, 0.717) is 6.04 Å². The maximum absolute atomic E-state index is 12.0. The molecule has 0 radical (unpaired) electrons. The van der Waals surface area contributed by atoms with Crippen LogP contribution in [0.5, 0.6) is 0 Å². The van der Waals surface area contributed by atoms with Gasteiger partial charge in [-0.3, -0.25) is 4.79 Å². The summed E-state index contributed by atoms with van der Waals surface area (Å²) in [5.74, 6) is 0.116. The van der Waals surface area contributed by atoms with E-state index < -0.39 is 0 Å². The summed E-state index contributed by atoms with van der Waals surface area (Å²) < 4.78 is 0. The van der Waals surface area contributed by atoms with Gasteiger partial charge in [0.05, 0.1) is 6.04 Å². The van der Waals surface area contributed by atoms with E-state index in [4.69, 9.17) is 0 Å². The van der Waals surface area contributed by atoms with Crippen LogP contribution in [0, 0.1) is 0 Å². The third-order valence-corrected chi connectivity index (χ3v) is 3.64. The smallest absolute Gasteiger partial charge is 0.238 e. The van der Waals surface area contributed by atoms with Crippen LogP contribution in [0.2, 0.25) is 0 Å². The minimum absolute atomic E-state index is 0.0676. The first-order valence-electron chi connectivity index (χ1n) is 6.29. The van der Waals surface area contributed by atoms with Crippen LogP contribution in [0.1, 0.15) is 40.5 Å². The summed E-state index contributed by atoms with van der Waals surface area (Å²) in [5, 5.41) is 9.71. The van der Waals surface area contributed by atoms with Gasteiger partial charge in [0, 0.05) is 24.7 Å². The van der Waals surface area contributed by atoms with Crippen molar-refractivity contribution in [1.82, 2.24) is 16.0 Å². The largest absolute Gasteiger partial charge is 0.350 e. The van der Waals surface area contributed by atoms with Crippen LogP contribution in [0.25, 0.3) is 0 Å². The lowest BCUT2D eigenvalue weighted by Gasteiger charge is -2.33. The molecule has 1 rings (SSSR count). The van der Waals surface area contributed by atoms with Gasteiger partial charge in [-0.25, -0.2) is 0 Å². The minimum atomic E-state index is -0.0892. The first-order valence-corrected chi connectivity index (χ1v) is 6.29. The Balaban J connectivity index is 2.46. The quantitative estimate of drug-likeness (QED) is 0.660. The van der Waals surface area contributed by atoms with E-state index in [1.165, 1.54) is 0 Å². The Morgan fingerprint density at radius 3 is 2.38 bits per heavy atom. The fourth-order valence-corrected chi connectivity index (χ4v) is 1.78. The summed E-state index contributed by atoms with van der Waals surface area (Å²) in [5.41, 5.74) is -0.0676. The van der Waals surface area contributed by atoms with Gasteiger partial charge in [-0.15, -0.1) is 0 Å². The van der Waals surface area contributed by atoms with Crippen LogP contribution in [0.15, 0.2) is 0 Å². The molecule has 4 nitrogen and oxygen atoms in total. The highest BCUT2D eigenvalue weighted by Crippen LogP contribution is 2.13. The van der Waals surface area contributed by atoms with Crippen LogP contribution in [-0.2, 0) is 4.79 Å². The zero-order chi connectivity index (χ0) is 12.2. The van der Waals surface area contributed by atoms with Crippen LogP contribution in [-0.4, -0.2) is 36.6 Å². The SMILES string of the molecule is CCC(C)(CC)NC(=O)C1CNC(C)CN1. The number of hydrogen-bond donors (Lipinski definition) is 3. The van der Waals surface area contributed by atoms with Crippen molar-refractivity contribution in [1.29, 1.82) is 0 Å². The summed E-state index contributed by atoms with van der Waals surface area (Å²) in [6.45, 7) is 10.0. The van der Waals surface area contributed by atoms with Crippen molar-refractivity contribution in [2.24, 2.45) is 0 Å². The van der Waals surface area contributed by atoms with Gasteiger partial charge >= 0.3 is 0 Å². The van der Waals surface area contributed by atoms with Crippen LogP contribution >= 0.6 is 0 Å². The zero-order valence-electron chi connectivity index (χ0n) is 10.9. The number of carbonyl (C=O) groups excluding carboxylic acids is 1. The molecular weight excluding hydrogens is 202 g/mol. The summed E-state index contributed by atoms with van der Waals surface area (Å²) in [6.07, 6.45) is 1.93. The van der Waals surface area contributed by atoms with E-state index in [1.54, 1.807) is 0 Å². The number of rotatable bonds is 4. The van der Waals surface area contributed by atoms with E-state index in [9.17, 15) is 4.79 Å². The Morgan fingerprint density at radius 2 is 1.94 bits per heavy atom. The molecule has 1 saturated heterocycles. The molecule has 94 valence electrons. The van der Waals surface area contributed by atoms with Gasteiger partial charge in [0.15, 0.2) is 0 Å². The predicted octanol–water partition coefficient (Wildman–Crippen LogP) is 0.631. The molecule has 16 heavy (non-hydrogen) atoms. The number of piperazine rings is 1. The topological polar surface area (TPSA) is 53.2 Å².